The lowest BCUT2D eigenvalue weighted by Crippen LogP contribution is -2.03. The third-order valence-corrected chi connectivity index (χ3v) is 4.63. The molecule has 6 heteroatoms. The predicted molar refractivity (Wildman–Crippen MR) is 97.3 cm³/mol. The van der Waals surface area contributed by atoms with Gasteiger partial charge in [0.1, 0.15) is 28.5 Å². The number of nitriles is 2. The smallest absolute Gasteiger partial charge is 0.143 e. The van der Waals surface area contributed by atoms with E-state index in [1.165, 1.54) is 11.8 Å². The topological polar surface area (TPSA) is 99.4 Å². The quantitative estimate of drug-likeness (QED) is 0.724. The Morgan fingerprint density at radius 2 is 1.76 bits per heavy atom. The number of benzene rings is 1. The summed E-state index contributed by atoms with van der Waals surface area (Å²) in [6.07, 6.45) is 3.25. The molecule has 0 amide bonds. The van der Waals surface area contributed by atoms with Crippen LogP contribution in [0.3, 0.4) is 0 Å². The Bertz CT molecular complexity index is 973. The van der Waals surface area contributed by atoms with E-state index in [-0.39, 0.29) is 11.4 Å². The Hall–Kier alpha value is -3.35. The normalized spacial score (nSPS) is 10.0. The van der Waals surface area contributed by atoms with Crippen molar-refractivity contribution in [2.24, 2.45) is 0 Å². The van der Waals surface area contributed by atoms with Crippen LogP contribution in [0.5, 0.6) is 0 Å². The lowest BCUT2D eigenvalue weighted by molar-refractivity contribution is 1.11. The fraction of sp³-hybridized carbons (Fsp3) is 0.0526. The van der Waals surface area contributed by atoms with Gasteiger partial charge in [0.15, 0.2) is 0 Å². The standard InChI is InChI=1S/C19H13N5S/c20-9-15-17(14-7-4-8-23-11-14)16(10-21)19(24-18(15)22)25-12-13-5-2-1-3-6-13/h1-8,11H,12H2,(H2,22,24). The highest BCUT2D eigenvalue weighted by Gasteiger charge is 2.20. The molecule has 0 aliphatic rings. The maximum absolute atomic E-state index is 9.69. The van der Waals surface area contributed by atoms with Crippen LogP contribution in [0.2, 0.25) is 0 Å². The number of pyridine rings is 2. The van der Waals surface area contributed by atoms with Crippen molar-refractivity contribution < 1.29 is 0 Å². The van der Waals surface area contributed by atoms with Gasteiger partial charge in [-0.2, -0.15) is 10.5 Å². The van der Waals surface area contributed by atoms with Crippen molar-refractivity contribution in [3.05, 3.63) is 71.5 Å². The average Bonchev–Trinajstić information content (AvgIpc) is 2.67. The number of nitrogens with two attached hydrogens (primary N) is 1. The number of thioether (sulfide) groups is 1. The molecule has 3 aromatic rings. The summed E-state index contributed by atoms with van der Waals surface area (Å²) in [4.78, 5) is 8.37. The van der Waals surface area contributed by atoms with Gasteiger partial charge in [-0.15, -0.1) is 11.8 Å². The van der Waals surface area contributed by atoms with Crippen molar-refractivity contribution in [1.29, 1.82) is 10.5 Å². The molecular weight excluding hydrogens is 330 g/mol. The molecule has 5 nitrogen and oxygen atoms in total. The number of aromatic nitrogens is 2. The molecule has 0 fully saturated rings. The summed E-state index contributed by atoms with van der Waals surface area (Å²) < 4.78 is 0. The lowest BCUT2D eigenvalue weighted by Gasteiger charge is -2.12. The molecule has 0 saturated heterocycles. The Kier molecular flexibility index (Phi) is 4.94. The highest BCUT2D eigenvalue weighted by Crippen LogP contribution is 2.36. The summed E-state index contributed by atoms with van der Waals surface area (Å²) in [7, 11) is 0. The second kappa shape index (κ2) is 7.48. The van der Waals surface area contributed by atoms with E-state index in [4.69, 9.17) is 5.73 Å². The Balaban J connectivity index is 2.10. The SMILES string of the molecule is N#Cc1c(N)nc(SCc2ccccc2)c(C#N)c1-c1cccnc1. The van der Waals surface area contributed by atoms with Crippen molar-refractivity contribution in [1.82, 2.24) is 9.97 Å². The zero-order valence-electron chi connectivity index (χ0n) is 13.2. The molecule has 2 heterocycles. The summed E-state index contributed by atoms with van der Waals surface area (Å²) in [6.45, 7) is 0. The van der Waals surface area contributed by atoms with E-state index in [0.717, 1.165) is 5.56 Å². The van der Waals surface area contributed by atoms with Gasteiger partial charge in [-0.1, -0.05) is 36.4 Å². The monoisotopic (exact) mass is 343 g/mol. The first kappa shape index (κ1) is 16.5. The fourth-order valence-corrected chi connectivity index (χ4v) is 3.38. The molecule has 0 aliphatic heterocycles. The zero-order valence-corrected chi connectivity index (χ0v) is 14.0. The maximum Gasteiger partial charge on any atom is 0.143 e. The van der Waals surface area contributed by atoms with E-state index < -0.39 is 0 Å². The minimum atomic E-state index is 0.121. The molecule has 0 bridgehead atoms. The van der Waals surface area contributed by atoms with Gasteiger partial charge in [0.05, 0.1) is 5.56 Å². The molecule has 0 spiro atoms. The first-order chi connectivity index (χ1) is 12.2. The van der Waals surface area contributed by atoms with Crippen molar-refractivity contribution in [2.45, 2.75) is 10.8 Å². The summed E-state index contributed by atoms with van der Waals surface area (Å²) in [5.74, 6) is 0.774. The van der Waals surface area contributed by atoms with E-state index in [1.54, 1.807) is 24.5 Å². The van der Waals surface area contributed by atoms with Crippen molar-refractivity contribution >= 4 is 17.6 Å². The number of hydrogen-bond donors (Lipinski definition) is 1. The van der Waals surface area contributed by atoms with Gasteiger partial charge >= 0.3 is 0 Å². The van der Waals surface area contributed by atoms with Crippen LogP contribution >= 0.6 is 11.8 Å². The molecule has 0 aliphatic carbocycles. The fourth-order valence-electron chi connectivity index (χ4n) is 2.43. The first-order valence-corrected chi connectivity index (χ1v) is 8.44. The number of hydrogen-bond acceptors (Lipinski definition) is 6. The first-order valence-electron chi connectivity index (χ1n) is 7.45. The molecule has 1 aromatic carbocycles. The van der Waals surface area contributed by atoms with E-state index in [1.807, 2.05) is 30.3 Å². The number of anilines is 1. The van der Waals surface area contributed by atoms with Crippen LogP contribution in [0.25, 0.3) is 11.1 Å². The molecule has 2 aromatic heterocycles. The van der Waals surface area contributed by atoms with Crippen molar-refractivity contribution in [2.75, 3.05) is 5.73 Å². The maximum atomic E-state index is 9.69. The molecule has 3 rings (SSSR count). The third-order valence-electron chi connectivity index (χ3n) is 3.58. The van der Waals surface area contributed by atoms with Crippen LogP contribution in [0, 0.1) is 22.7 Å². The molecular formula is C19H13N5S. The van der Waals surface area contributed by atoms with Crippen LogP contribution in [-0.4, -0.2) is 9.97 Å². The Morgan fingerprint density at radius 1 is 1.00 bits per heavy atom. The second-order valence-electron chi connectivity index (χ2n) is 5.17. The molecule has 0 atom stereocenters. The number of rotatable bonds is 4. The predicted octanol–water partition coefficient (Wildman–Crippen LogP) is 3.76. The number of nitrogen functional groups attached to an aromatic ring is 1. The third kappa shape index (κ3) is 3.45. The zero-order chi connectivity index (χ0) is 17.6. The van der Waals surface area contributed by atoms with E-state index in [0.29, 0.717) is 27.5 Å². The van der Waals surface area contributed by atoms with Gasteiger partial charge in [-0.25, -0.2) is 4.98 Å². The van der Waals surface area contributed by atoms with E-state index in [2.05, 4.69) is 22.1 Å². The summed E-state index contributed by atoms with van der Waals surface area (Å²) in [5, 5.41) is 19.7. The molecule has 0 unspecified atom stereocenters. The van der Waals surface area contributed by atoms with Gasteiger partial charge in [-0.3, -0.25) is 4.98 Å². The van der Waals surface area contributed by atoms with Gasteiger partial charge < -0.3 is 5.73 Å². The second-order valence-corrected chi connectivity index (χ2v) is 6.13. The van der Waals surface area contributed by atoms with E-state index in [9.17, 15) is 10.5 Å². The molecule has 25 heavy (non-hydrogen) atoms. The minimum Gasteiger partial charge on any atom is -0.383 e. The lowest BCUT2D eigenvalue weighted by atomic mass is 9.98. The average molecular weight is 343 g/mol. The molecule has 120 valence electrons. The highest BCUT2D eigenvalue weighted by molar-refractivity contribution is 7.98. The Labute approximate surface area is 149 Å². The molecule has 0 radical (unpaired) electrons. The highest BCUT2D eigenvalue weighted by atomic mass is 32.2. The van der Waals surface area contributed by atoms with Gasteiger partial charge in [0, 0.05) is 29.3 Å². The van der Waals surface area contributed by atoms with Gasteiger partial charge in [0.2, 0.25) is 0 Å². The van der Waals surface area contributed by atoms with Crippen LogP contribution in [-0.2, 0) is 5.75 Å². The van der Waals surface area contributed by atoms with Crippen LogP contribution < -0.4 is 5.73 Å². The van der Waals surface area contributed by atoms with E-state index >= 15 is 0 Å². The molecule has 0 saturated carbocycles. The van der Waals surface area contributed by atoms with Crippen LogP contribution in [0.15, 0.2) is 59.9 Å². The summed E-state index contributed by atoms with van der Waals surface area (Å²) in [5.41, 5.74) is 8.81. The summed E-state index contributed by atoms with van der Waals surface area (Å²) >= 11 is 1.42. The van der Waals surface area contributed by atoms with Crippen LogP contribution in [0.4, 0.5) is 5.82 Å². The largest absolute Gasteiger partial charge is 0.383 e. The molecule has 2 N–H and O–H groups in total. The minimum absolute atomic E-state index is 0.121. The van der Waals surface area contributed by atoms with Gasteiger partial charge in [-0.05, 0) is 11.6 Å². The van der Waals surface area contributed by atoms with Crippen molar-refractivity contribution in [3.8, 4) is 23.3 Å². The summed E-state index contributed by atoms with van der Waals surface area (Å²) in [6, 6.07) is 17.7. The van der Waals surface area contributed by atoms with Crippen LogP contribution in [0.1, 0.15) is 16.7 Å². The Morgan fingerprint density at radius 3 is 2.40 bits per heavy atom. The number of nitrogens with zero attached hydrogens (tertiary/aromatic N) is 4. The van der Waals surface area contributed by atoms with Gasteiger partial charge in [0.25, 0.3) is 0 Å². The van der Waals surface area contributed by atoms with Crippen molar-refractivity contribution in [3.63, 3.8) is 0 Å².